The quantitative estimate of drug-likeness (QED) is 0.741. The molecule has 0 unspecified atom stereocenters. The van der Waals surface area contributed by atoms with Crippen LogP contribution in [-0.4, -0.2) is 54.7 Å². The number of ether oxygens (including phenoxy) is 2. The van der Waals surface area contributed by atoms with Crippen LogP contribution in [0.1, 0.15) is 19.8 Å². The van der Waals surface area contributed by atoms with Gasteiger partial charge in [0.05, 0.1) is 37.0 Å². The van der Waals surface area contributed by atoms with Crippen molar-refractivity contribution in [3.05, 3.63) is 17.2 Å². The van der Waals surface area contributed by atoms with Crippen LogP contribution in [0.4, 0.5) is 5.69 Å². The van der Waals surface area contributed by atoms with Gasteiger partial charge in [0, 0.05) is 18.6 Å². The largest absolute Gasteiger partial charge is 0.490 e. The molecule has 0 saturated carbocycles. The summed E-state index contributed by atoms with van der Waals surface area (Å²) in [5.41, 5.74) is 0.415. The molecule has 0 saturated heterocycles. The Morgan fingerprint density at radius 3 is 2.48 bits per heavy atom. The minimum Gasteiger partial charge on any atom is -0.490 e. The van der Waals surface area contributed by atoms with Gasteiger partial charge < -0.3 is 19.9 Å². The number of carboxylic acid groups (broad SMARTS) is 1. The Kier molecular flexibility index (Phi) is 8.82. The minimum absolute atomic E-state index is 0. The maximum Gasteiger partial charge on any atom is 0.317 e. The molecule has 140 valence electrons. The Labute approximate surface area is 157 Å². The number of carbonyl (C=O) groups excluding carboxylic acids is 1. The smallest absolute Gasteiger partial charge is 0.317 e. The molecule has 0 radical (unpaired) electrons. The number of amides is 1. The van der Waals surface area contributed by atoms with Gasteiger partial charge in [-0.3, -0.25) is 14.5 Å². The maximum atomic E-state index is 12.2. The molecular weight excluding hydrogens is 371 g/mol. The molecule has 9 heteroatoms. The summed E-state index contributed by atoms with van der Waals surface area (Å²) in [6.45, 7) is 3.32. The number of nitrogens with one attached hydrogen (secondary N) is 1. The van der Waals surface area contributed by atoms with Gasteiger partial charge in [-0.25, -0.2) is 0 Å². The molecule has 0 atom stereocenters. The van der Waals surface area contributed by atoms with Crippen LogP contribution in [0.25, 0.3) is 0 Å². The van der Waals surface area contributed by atoms with Crippen molar-refractivity contribution in [2.24, 2.45) is 0 Å². The molecule has 0 aromatic heterocycles. The molecule has 1 aliphatic rings. The van der Waals surface area contributed by atoms with Gasteiger partial charge in [-0.2, -0.15) is 0 Å². The first kappa shape index (κ1) is 21.3. The van der Waals surface area contributed by atoms with E-state index in [0.29, 0.717) is 42.0 Å². The van der Waals surface area contributed by atoms with Crippen LogP contribution in [0, 0.1) is 0 Å². The number of carboxylic acids is 1. The lowest BCUT2D eigenvalue weighted by Crippen LogP contribution is -2.37. The predicted octanol–water partition coefficient (Wildman–Crippen LogP) is 2.66. The molecule has 1 heterocycles. The van der Waals surface area contributed by atoms with Gasteiger partial charge in [-0.15, -0.1) is 12.4 Å². The number of aliphatic carboxylic acids is 1. The third-order valence-corrected chi connectivity index (χ3v) is 3.69. The molecule has 2 N–H and O–H groups in total. The van der Waals surface area contributed by atoms with E-state index in [1.54, 1.807) is 17.0 Å². The molecule has 1 aromatic rings. The fraction of sp³-hybridized carbons (Fsp3) is 0.500. The van der Waals surface area contributed by atoms with E-state index in [4.69, 9.17) is 26.2 Å². The number of hydrogen-bond acceptors (Lipinski definition) is 5. The fourth-order valence-corrected chi connectivity index (χ4v) is 2.59. The molecule has 1 aromatic carbocycles. The van der Waals surface area contributed by atoms with E-state index >= 15 is 0 Å². The Bertz CT molecular complexity index is 612. The zero-order valence-electron chi connectivity index (χ0n) is 13.9. The third kappa shape index (κ3) is 6.61. The lowest BCUT2D eigenvalue weighted by Gasteiger charge is -2.19. The molecule has 1 amide bonds. The van der Waals surface area contributed by atoms with Crippen molar-refractivity contribution in [3.63, 3.8) is 0 Å². The van der Waals surface area contributed by atoms with Gasteiger partial charge in [0.1, 0.15) is 0 Å². The number of carbonyl (C=O) groups is 2. The zero-order chi connectivity index (χ0) is 17.5. The van der Waals surface area contributed by atoms with Crippen molar-refractivity contribution in [2.75, 3.05) is 38.2 Å². The van der Waals surface area contributed by atoms with Gasteiger partial charge in [0.25, 0.3) is 0 Å². The molecule has 1 aliphatic heterocycles. The van der Waals surface area contributed by atoms with Crippen molar-refractivity contribution in [1.29, 1.82) is 0 Å². The molecular formula is C16H22Cl2N2O5. The van der Waals surface area contributed by atoms with E-state index in [2.05, 4.69) is 5.32 Å². The number of anilines is 1. The average molecular weight is 393 g/mol. The minimum atomic E-state index is -0.968. The Hall–Kier alpha value is -1.70. The van der Waals surface area contributed by atoms with Crippen LogP contribution in [0.15, 0.2) is 12.1 Å². The second-order valence-electron chi connectivity index (χ2n) is 5.48. The number of benzene rings is 1. The average Bonchev–Trinajstić information content (AvgIpc) is 2.72. The first-order chi connectivity index (χ1) is 11.5. The number of fused-ring (bicyclic) bond motifs is 1. The second kappa shape index (κ2) is 10.3. The van der Waals surface area contributed by atoms with Gasteiger partial charge >= 0.3 is 5.97 Å². The zero-order valence-corrected chi connectivity index (χ0v) is 15.5. The number of nitrogens with zero attached hydrogens (tertiary/aromatic N) is 1. The van der Waals surface area contributed by atoms with E-state index in [1.807, 2.05) is 6.92 Å². The van der Waals surface area contributed by atoms with Crippen LogP contribution >= 0.6 is 24.0 Å². The fourth-order valence-electron chi connectivity index (χ4n) is 2.39. The molecule has 0 bridgehead atoms. The monoisotopic (exact) mass is 392 g/mol. The Morgan fingerprint density at radius 1 is 1.24 bits per heavy atom. The van der Waals surface area contributed by atoms with E-state index < -0.39 is 5.97 Å². The van der Waals surface area contributed by atoms with Crippen molar-refractivity contribution in [3.8, 4) is 11.5 Å². The number of hydrogen-bond donors (Lipinski definition) is 2. The Morgan fingerprint density at radius 2 is 1.88 bits per heavy atom. The third-order valence-electron chi connectivity index (χ3n) is 3.38. The van der Waals surface area contributed by atoms with Gasteiger partial charge in [0.15, 0.2) is 11.5 Å². The van der Waals surface area contributed by atoms with E-state index in [-0.39, 0.29) is 31.4 Å². The SMILES string of the molecule is CCCN(CC(=O)O)CC(=O)Nc1cc2c(cc1Cl)OCCCO2.Cl. The summed E-state index contributed by atoms with van der Waals surface area (Å²) in [4.78, 5) is 24.6. The molecule has 0 fully saturated rings. The van der Waals surface area contributed by atoms with Gasteiger partial charge in [0.2, 0.25) is 5.91 Å². The highest BCUT2D eigenvalue weighted by Crippen LogP contribution is 2.37. The normalized spacial score (nSPS) is 12.9. The summed E-state index contributed by atoms with van der Waals surface area (Å²) >= 11 is 6.18. The standard InChI is InChI=1S/C16H21ClN2O5.ClH/c1-2-4-19(10-16(21)22)9-15(20)18-12-8-14-13(7-11(12)17)23-5-3-6-24-14;/h7-8H,2-6,9-10H2,1H3,(H,18,20)(H,21,22);1H. The first-order valence-corrected chi connectivity index (χ1v) is 8.20. The van der Waals surface area contributed by atoms with Crippen molar-refractivity contribution in [1.82, 2.24) is 4.90 Å². The van der Waals surface area contributed by atoms with Gasteiger partial charge in [-0.05, 0) is 13.0 Å². The van der Waals surface area contributed by atoms with E-state index in [9.17, 15) is 9.59 Å². The summed E-state index contributed by atoms with van der Waals surface area (Å²) in [6.07, 6.45) is 1.53. The lowest BCUT2D eigenvalue weighted by molar-refractivity contribution is -0.138. The van der Waals surface area contributed by atoms with Crippen molar-refractivity contribution in [2.45, 2.75) is 19.8 Å². The summed E-state index contributed by atoms with van der Waals surface area (Å²) < 4.78 is 11.1. The van der Waals surface area contributed by atoms with Crippen LogP contribution < -0.4 is 14.8 Å². The van der Waals surface area contributed by atoms with E-state index in [1.165, 1.54) is 0 Å². The number of rotatable bonds is 7. The maximum absolute atomic E-state index is 12.2. The highest BCUT2D eigenvalue weighted by atomic mass is 35.5. The summed E-state index contributed by atoms with van der Waals surface area (Å²) in [5, 5.41) is 11.9. The summed E-state index contributed by atoms with van der Waals surface area (Å²) in [6, 6.07) is 3.24. The second-order valence-corrected chi connectivity index (χ2v) is 5.89. The number of halogens is 2. The van der Waals surface area contributed by atoms with Gasteiger partial charge in [-0.1, -0.05) is 18.5 Å². The lowest BCUT2D eigenvalue weighted by atomic mass is 10.2. The van der Waals surface area contributed by atoms with Crippen LogP contribution in [0.5, 0.6) is 11.5 Å². The molecule has 25 heavy (non-hydrogen) atoms. The summed E-state index contributed by atoms with van der Waals surface area (Å²) in [5.74, 6) is -0.219. The van der Waals surface area contributed by atoms with Crippen LogP contribution in [0.3, 0.4) is 0 Å². The summed E-state index contributed by atoms with van der Waals surface area (Å²) in [7, 11) is 0. The highest BCUT2D eigenvalue weighted by molar-refractivity contribution is 6.34. The molecule has 7 nitrogen and oxygen atoms in total. The highest BCUT2D eigenvalue weighted by Gasteiger charge is 2.17. The van der Waals surface area contributed by atoms with Crippen LogP contribution in [0.2, 0.25) is 5.02 Å². The van der Waals surface area contributed by atoms with Crippen molar-refractivity contribution >= 4 is 41.6 Å². The molecule has 0 spiro atoms. The first-order valence-electron chi connectivity index (χ1n) is 7.82. The molecule has 2 rings (SSSR count). The van der Waals surface area contributed by atoms with Crippen LogP contribution in [-0.2, 0) is 9.59 Å². The Balaban J connectivity index is 0.00000312. The van der Waals surface area contributed by atoms with E-state index in [0.717, 1.165) is 12.8 Å². The molecule has 0 aliphatic carbocycles. The topological polar surface area (TPSA) is 88.1 Å². The predicted molar refractivity (Wildman–Crippen MR) is 97.3 cm³/mol. The van der Waals surface area contributed by atoms with Crippen molar-refractivity contribution < 1.29 is 24.2 Å².